The molecule has 3 atom stereocenters. The van der Waals surface area contributed by atoms with E-state index in [1.807, 2.05) is 18.2 Å². The fraction of sp³-hybridized carbons (Fsp3) is 0.444. The number of hydrogen-bond donors (Lipinski definition) is 1. The van der Waals surface area contributed by atoms with E-state index in [-0.39, 0.29) is 5.25 Å². The van der Waals surface area contributed by atoms with Crippen LogP contribution in [0.4, 0.5) is 0 Å². The fourth-order valence-electron chi connectivity index (χ4n) is 3.37. The van der Waals surface area contributed by atoms with Gasteiger partial charge in [-0.3, -0.25) is 4.21 Å². The zero-order chi connectivity index (χ0) is 14.7. The molecule has 0 saturated heterocycles. The van der Waals surface area contributed by atoms with Gasteiger partial charge in [0, 0.05) is 10.1 Å². The minimum Gasteiger partial charge on any atom is -0.330 e. The highest BCUT2D eigenvalue weighted by Gasteiger charge is 2.28. The van der Waals surface area contributed by atoms with Crippen LogP contribution in [0.3, 0.4) is 0 Å². The molecule has 1 aliphatic rings. The van der Waals surface area contributed by atoms with E-state index in [0.29, 0.717) is 12.5 Å². The molecule has 2 N–H and O–H groups in total. The molecule has 3 rings (SSSR count). The van der Waals surface area contributed by atoms with E-state index in [9.17, 15) is 4.21 Å². The van der Waals surface area contributed by atoms with Crippen LogP contribution in [0, 0.1) is 5.92 Å². The lowest BCUT2D eigenvalue weighted by atomic mass is 10.0. The molecule has 2 nitrogen and oxygen atoms in total. The third kappa shape index (κ3) is 3.19. The first-order valence-electron chi connectivity index (χ1n) is 7.89. The van der Waals surface area contributed by atoms with E-state index < -0.39 is 10.8 Å². The van der Waals surface area contributed by atoms with Crippen LogP contribution in [0.5, 0.6) is 0 Å². The maximum Gasteiger partial charge on any atom is 0.0564 e. The van der Waals surface area contributed by atoms with Gasteiger partial charge in [0.2, 0.25) is 0 Å². The van der Waals surface area contributed by atoms with Gasteiger partial charge in [0.05, 0.1) is 10.8 Å². The van der Waals surface area contributed by atoms with Crippen LogP contribution in [0.25, 0.3) is 10.8 Å². The van der Waals surface area contributed by atoms with E-state index >= 15 is 0 Å². The van der Waals surface area contributed by atoms with Crippen molar-refractivity contribution in [1.29, 1.82) is 0 Å². The van der Waals surface area contributed by atoms with Gasteiger partial charge < -0.3 is 5.73 Å². The van der Waals surface area contributed by atoms with E-state index in [1.165, 1.54) is 30.0 Å². The number of hydrogen-bond acceptors (Lipinski definition) is 2. The lowest BCUT2D eigenvalue weighted by Crippen LogP contribution is -2.30. The zero-order valence-corrected chi connectivity index (χ0v) is 13.1. The van der Waals surface area contributed by atoms with Crippen molar-refractivity contribution in [1.82, 2.24) is 0 Å². The minimum atomic E-state index is -0.947. The summed E-state index contributed by atoms with van der Waals surface area (Å²) in [5, 5.41) is 2.59. The predicted molar refractivity (Wildman–Crippen MR) is 89.8 cm³/mol. The third-order valence-corrected chi connectivity index (χ3v) is 6.51. The Labute approximate surface area is 129 Å². The summed E-state index contributed by atoms with van der Waals surface area (Å²) in [4.78, 5) is 0.957. The first-order valence-corrected chi connectivity index (χ1v) is 9.10. The molecule has 3 heteroatoms. The summed E-state index contributed by atoms with van der Waals surface area (Å²) >= 11 is 0. The van der Waals surface area contributed by atoms with Crippen molar-refractivity contribution in [2.75, 3.05) is 6.54 Å². The van der Waals surface area contributed by atoms with Crippen LogP contribution in [0.15, 0.2) is 47.4 Å². The molecule has 1 saturated carbocycles. The largest absolute Gasteiger partial charge is 0.330 e. The van der Waals surface area contributed by atoms with Crippen molar-refractivity contribution in [2.24, 2.45) is 11.7 Å². The standard InChI is InChI=1S/C18H23NOS/c19-13-16-8-2-1-3-9-18(16)21(20)17-11-10-14-6-4-5-7-15(14)12-17/h4-7,10-12,16,18H,1-3,8-9,13,19H2. The van der Waals surface area contributed by atoms with Gasteiger partial charge in [0.25, 0.3) is 0 Å². The lowest BCUT2D eigenvalue weighted by Gasteiger charge is -2.23. The second-order valence-corrected chi connectivity index (χ2v) is 7.65. The van der Waals surface area contributed by atoms with Gasteiger partial charge in [-0.15, -0.1) is 0 Å². The molecule has 2 aromatic rings. The smallest absolute Gasteiger partial charge is 0.0564 e. The molecule has 0 bridgehead atoms. The van der Waals surface area contributed by atoms with Crippen LogP contribution >= 0.6 is 0 Å². The molecule has 112 valence electrons. The van der Waals surface area contributed by atoms with E-state index in [2.05, 4.69) is 24.3 Å². The van der Waals surface area contributed by atoms with Gasteiger partial charge in [-0.2, -0.15) is 0 Å². The summed E-state index contributed by atoms with van der Waals surface area (Å²) in [5.74, 6) is 0.403. The SMILES string of the molecule is NCC1CCCCCC1S(=O)c1ccc2ccccc2c1. The average molecular weight is 301 g/mol. The summed E-state index contributed by atoms with van der Waals surface area (Å²) in [6.07, 6.45) is 5.83. The van der Waals surface area contributed by atoms with E-state index in [1.54, 1.807) is 0 Å². The third-order valence-electron chi connectivity index (χ3n) is 4.62. The molecule has 0 spiro atoms. The second-order valence-electron chi connectivity index (χ2n) is 5.98. The molecule has 21 heavy (non-hydrogen) atoms. The van der Waals surface area contributed by atoms with Crippen LogP contribution in [0.1, 0.15) is 32.1 Å². The Hall–Kier alpha value is -1.19. The molecule has 0 heterocycles. The van der Waals surface area contributed by atoms with E-state index in [0.717, 1.165) is 17.7 Å². The predicted octanol–water partition coefficient (Wildman–Crippen LogP) is 3.86. The number of benzene rings is 2. The molecule has 1 fully saturated rings. The van der Waals surface area contributed by atoms with Crippen LogP contribution in [-0.2, 0) is 10.8 Å². The van der Waals surface area contributed by atoms with Gasteiger partial charge in [0.1, 0.15) is 0 Å². The van der Waals surface area contributed by atoms with Gasteiger partial charge in [-0.25, -0.2) is 0 Å². The summed E-state index contributed by atoms with van der Waals surface area (Å²) in [6.45, 7) is 0.657. The number of rotatable bonds is 3. The van der Waals surface area contributed by atoms with Gasteiger partial charge in [-0.05, 0) is 48.2 Å². The molecule has 0 amide bonds. The van der Waals surface area contributed by atoms with Crippen molar-refractivity contribution in [3.63, 3.8) is 0 Å². The lowest BCUT2D eigenvalue weighted by molar-refractivity contribution is 0.473. The Morgan fingerprint density at radius 2 is 1.76 bits per heavy atom. The average Bonchev–Trinajstić information content (AvgIpc) is 2.79. The Kier molecular flexibility index (Phi) is 4.71. The summed E-state index contributed by atoms with van der Waals surface area (Å²) in [6, 6.07) is 14.4. The molecule has 0 aromatic heterocycles. The minimum absolute atomic E-state index is 0.221. The zero-order valence-electron chi connectivity index (χ0n) is 12.3. The Balaban J connectivity index is 1.90. The number of nitrogens with two attached hydrogens (primary N) is 1. The van der Waals surface area contributed by atoms with Crippen molar-refractivity contribution < 1.29 is 4.21 Å². The Morgan fingerprint density at radius 1 is 1.00 bits per heavy atom. The maximum absolute atomic E-state index is 13.0. The van der Waals surface area contributed by atoms with Crippen LogP contribution < -0.4 is 5.73 Å². The highest BCUT2D eigenvalue weighted by molar-refractivity contribution is 7.85. The molecule has 0 radical (unpaired) electrons. The molecule has 3 unspecified atom stereocenters. The molecular formula is C18H23NOS. The monoisotopic (exact) mass is 301 g/mol. The quantitative estimate of drug-likeness (QED) is 0.875. The Bertz CT molecular complexity index is 640. The van der Waals surface area contributed by atoms with Crippen LogP contribution in [-0.4, -0.2) is 16.0 Å². The normalized spacial score (nSPS) is 24.6. The van der Waals surface area contributed by atoms with Crippen molar-refractivity contribution in [2.45, 2.75) is 42.2 Å². The fourth-order valence-corrected chi connectivity index (χ4v) is 5.14. The Morgan fingerprint density at radius 3 is 2.57 bits per heavy atom. The molecular weight excluding hydrogens is 278 g/mol. The van der Waals surface area contributed by atoms with Crippen molar-refractivity contribution in [3.05, 3.63) is 42.5 Å². The number of fused-ring (bicyclic) bond motifs is 1. The first kappa shape index (κ1) is 14.7. The molecule has 1 aliphatic carbocycles. The van der Waals surface area contributed by atoms with Gasteiger partial charge >= 0.3 is 0 Å². The summed E-state index contributed by atoms with van der Waals surface area (Å²) in [7, 11) is -0.947. The second kappa shape index (κ2) is 6.71. The highest BCUT2D eigenvalue weighted by atomic mass is 32.2. The maximum atomic E-state index is 13.0. The topological polar surface area (TPSA) is 43.1 Å². The first-order chi connectivity index (χ1) is 10.3. The molecule has 0 aliphatic heterocycles. The van der Waals surface area contributed by atoms with Gasteiger partial charge in [0.15, 0.2) is 0 Å². The van der Waals surface area contributed by atoms with Crippen LogP contribution in [0.2, 0.25) is 0 Å². The van der Waals surface area contributed by atoms with E-state index in [4.69, 9.17) is 5.73 Å². The van der Waals surface area contributed by atoms with Gasteiger partial charge in [-0.1, -0.05) is 49.6 Å². The summed E-state index contributed by atoms with van der Waals surface area (Å²) in [5.41, 5.74) is 5.94. The highest BCUT2D eigenvalue weighted by Crippen LogP contribution is 2.30. The molecule has 2 aromatic carbocycles. The summed E-state index contributed by atoms with van der Waals surface area (Å²) < 4.78 is 13.0. The van der Waals surface area contributed by atoms with Crippen molar-refractivity contribution >= 4 is 21.6 Å². The van der Waals surface area contributed by atoms with Crippen molar-refractivity contribution in [3.8, 4) is 0 Å².